The van der Waals surface area contributed by atoms with Crippen molar-refractivity contribution in [3.8, 4) is 0 Å². The summed E-state index contributed by atoms with van der Waals surface area (Å²) in [5.41, 5.74) is 3.05. The molecule has 2 amide bonds. The van der Waals surface area contributed by atoms with Crippen LogP contribution in [0, 0.1) is 13.8 Å². The van der Waals surface area contributed by atoms with Crippen molar-refractivity contribution in [1.29, 1.82) is 0 Å². The van der Waals surface area contributed by atoms with Crippen LogP contribution in [0.1, 0.15) is 66.0 Å². The molecule has 1 aliphatic carbocycles. The number of anilines is 1. The zero-order valence-electron chi connectivity index (χ0n) is 16.5. The molecule has 0 bridgehead atoms. The molecule has 150 valence electrons. The van der Waals surface area contributed by atoms with E-state index in [4.69, 9.17) is 4.74 Å². The molecule has 2 atom stereocenters. The molecule has 8 heteroatoms. The van der Waals surface area contributed by atoms with Gasteiger partial charge in [-0.2, -0.15) is 5.10 Å². The fourth-order valence-electron chi connectivity index (χ4n) is 3.52. The van der Waals surface area contributed by atoms with Crippen LogP contribution in [0.15, 0.2) is 18.2 Å². The number of aromatic nitrogens is 3. The molecule has 0 spiro atoms. The first kappa shape index (κ1) is 19.9. The van der Waals surface area contributed by atoms with Crippen molar-refractivity contribution in [2.24, 2.45) is 0 Å². The molecule has 0 saturated heterocycles. The third-order valence-corrected chi connectivity index (χ3v) is 4.94. The van der Waals surface area contributed by atoms with Crippen molar-refractivity contribution in [3.05, 3.63) is 40.8 Å². The average molecular weight is 385 g/mol. The Morgan fingerprint density at radius 2 is 2.11 bits per heavy atom. The number of hydrogen-bond acceptors (Lipinski definition) is 5. The summed E-state index contributed by atoms with van der Waals surface area (Å²) in [4.78, 5) is 28.5. The zero-order chi connectivity index (χ0) is 20.1. The maximum Gasteiger partial charge on any atom is 0.407 e. The van der Waals surface area contributed by atoms with E-state index in [1.807, 2.05) is 32.9 Å². The minimum atomic E-state index is -0.354. The van der Waals surface area contributed by atoms with Crippen LogP contribution >= 0.6 is 0 Å². The summed E-state index contributed by atoms with van der Waals surface area (Å²) >= 11 is 0. The number of nitrogens with zero attached hydrogens (tertiary/aromatic N) is 2. The predicted molar refractivity (Wildman–Crippen MR) is 105 cm³/mol. The maximum atomic E-state index is 12.5. The Kier molecular flexibility index (Phi) is 6.28. The Labute approximate surface area is 164 Å². The SMILES string of the molecule is CCCOC(=O)N[C@H]1CC[C@@H](c2cc(NC(=O)c3ccc(C)nc3C)n[nH]2)C1. The maximum absolute atomic E-state index is 12.5. The van der Waals surface area contributed by atoms with Crippen LogP contribution in [-0.4, -0.2) is 39.8 Å². The number of H-pyrrole nitrogens is 1. The summed E-state index contributed by atoms with van der Waals surface area (Å²) < 4.78 is 5.08. The Morgan fingerprint density at radius 3 is 2.86 bits per heavy atom. The van der Waals surface area contributed by atoms with E-state index in [1.165, 1.54) is 0 Å². The van der Waals surface area contributed by atoms with Crippen LogP contribution in [0.3, 0.4) is 0 Å². The van der Waals surface area contributed by atoms with E-state index in [2.05, 4.69) is 25.8 Å². The Balaban J connectivity index is 1.55. The van der Waals surface area contributed by atoms with Gasteiger partial charge in [-0.05, 0) is 51.7 Å². The molecule has 0 aliphatic heterocycles. The standard InChI is InChI=1S/C20H27N5O3/c1-4-9-28-20(27)22-15-7-6-14(10-15)17-11-18(25-24-17)23-19(26)16-8-5-12(2)21-13(16)3/h5,8,11,14-15H,4,6-7,9-10H2,1-3H3,(H,22,27)(H2,23,24,25,26)/t14-,15+/m1/s1. The lowest BCUT2D eigenvalue weighted by Crippen LogP contribution is -2.33. The van der Waals surface area contributed by atoms with E-state index in [-0.39, 0.29) is 24.0 Å². The minimum absolute atomic E-state index is 0.0944. The first-order valence-electron chi connectivity index (χ1n) is 9.70. The quantitative estimate of drug-likeness (QED) is 0.706. The number of hydrogen-bond donors (Lipinski definition) is 3. The lowest BCUT2D eigenvalue weighted by molar-refractivity contribution is 0.102. The first-order chi connectivity index (χ1) is 13.5. The molecule has 0 unspecified atom stereocenters. The second-order valence-corrected chi connectivity index (χ2v) is 7.24. The number of carbonyl (C=O) groups excluding carboxylic acids is 2. The third-order valence-electron chi connectivity index (χ3n) is 4.94. The molecule has 2 aromatic rings. The molecule has 0 radical (unpaired) electrons. The van der Waals surface area contributed by atoms with Crippen molar-refractivity contribution in [3.63, 3.8) is 0 Å². The normalized spacial score (nSPS) is 18.7. The van der Waals surface area contributed by atoms with E-state index < -0.39 is 0 Å². The van der Waals surface area contributed by atoms with Crippen molar-refractivity contribution in [2.45, 2.75) is 58.4 Å². The number of aromatic amines is 1. The van der Waals surface area contributed by atoms with Gasteiger partial charge in [0.1, 0.15) is 0 Å². The molecule has 0 aromatic carbocycles. The van der Waals surface area contributed by atoms with E-state index >= 15 is 0 Å². The molecule has 2 aromatic heterocycles. The number of amides is 2. The molecule has 2 heterocycles. The third kappa shape index (κ3) is 4.88. The van der Waals surface area contributed by atoms with E-state index in [1.54, 1.807) is 6.07 Å². The first-order valence-corrected chi connectivity index (χ1v) is 9.70. The van der Waals surface area contributed by atoms with E-state index in [0.29, 0.717) is 23.7 Å². The largest absolute Gasteiger partial charge is 0.450 e. The van der Waals surface area contributed by atoms with Gasteiger partial charge in [-0.1, -0.05) is 6.92 Å². The van der Waals surface area contributed by atoms with Crippen molar-refractivity contribution >= 4 is 17.8 Å². The van der Waals surface area contributed by atoms with Gasteiger partial charge < -0.3 is 15.4 Å². The Bertz CT molecular complexity index is 848. The smallest absolute Gasteiger partial charge is 0.407 e. The molecule has 3 rings (SSSR count). The van der Waals surface area contributed by atoms with E-state index in [9.17, 15) is 9.59 Å². The fourth-order valence-corrected chi connectivity index (χ4v) is 3.52. The predicted octanol–water partition coefficient (Wildman–Crippen LogP) is 3.45. The molecule has 1 saturated carbocycles. The van der Waals surface area contributed by atoms with Crippen LogP contribution in [0.2, 0.25) is 0 Å². The molecular weight excluding hydrogens is 358 g/mol. The molecule has 28 heavy (non-hydrogen) atoms. The number of carbonyl (C=O) groups is 2. The van der Waals surface area contributed by atoms with Crippen molar-refractivity contribution in [2.75, 3.05) is 11.9 Å². The van der Waals surface area contributed by atoms with Crippen molar-refractivity contribution < 1.29 is 14.3 Å². The van der Waals surface area contributed by atoms with Gasteiger partial charge in [0.05, 0.1) is 17.9 Å². The summed E-state index contributed by atoms with van der Waals surface area (Å²) in [6.07, 6.45) is 3.10. The number of pyridine rings is 1. The highest BCUT2D eigenvalue weighted by Crippen LogP contribution is 2.34. The number of rotatable bonds is 6. The van der Waals surface area contributed by atoms with Crippen LogP contribution in [0.25, 0.3) is 0 Å². The van der Waals surface area contributed by atoms with E-state index in [0.717, 1.165) is 37.1 Å². The van der Waals surface area contributed by atoms with Crippen molar-refractivity contribution in [1.82, 2.24) is 20.5 Å². The second kappa shape index (κ2) is 8.86. The zero-order valence-corrected chi connectivity index (χ0v) is 16.5. The number of aryl methyl sites for hydroxylation is 2. The van der Waals surface area contributed by atoms with Gasteiger partial charge in [-0.15, -0.1) is 0 Å². The van der Waals surface area contributed by atoms with Gasteiger partial charge in [0, 0.05) is 29.4 Å². The lowest BCUT2D eigenvalue weighted by atomic mass is 10.0. The highest BCUT2D eigenvalue weighted by molar-refractivity contribution is 6.04. The summed E-state index contributed by atoms with van der Waals surface area (Å²) in [7, 11) is 0. The van der Waals surface area contributed by atoms with Gasteiger partial charge in [0.2, 0.25) is 0 Å². The fraction of sp³-hybridized carbons (Fsp3) is 0.500. The van der Waals surface area contributed by atoms with Crippen LogP contribution in [0.5, 0.6) is 0 Å². The molecule has 8 nitrogen and oxygen atoms in total. The molecule has 1 aliphatic rings. The summed E-state index contributed by atoms with van der Waals surface area (Å²) in [5.74, 6) is 0.517. The number of ether oxygens (including phenoxy) is 1. The van der Waals surface area contributed by atoms with Gasteiger partial charge in [0.25, 0.3) is 5.91 Å². The molecular formula is C20H27N5O3. The molecule has 1 fully saturated rings. The highest BCUT2D eigenvalue weighted by Gasteiger charge is 2.28. The molecule has 3 N–H and O–H groups in total. The topological polar surface area (TPSA) is 109 Å². The number of nitrogens with one attached hydrogen (secondary N) is 3. The summed E-state index contributed by atoms with van der Waals surface area (Å²) in [6.45, 7) is 6.10. The minimum Gasteiger partial charge on any atom is -0.450 e. The average Bonchev–Trinajstić information content (AvgIpc) is 3.29. The Morgan fingerprint density at radius 1 is 1.29 bits per heavy atom. The van der Waals surface area contributed by atoms with Crippen LogP contribution < -0.4 is 10.6 Å². The number of alkyl carbamates (subject to hydrolysis) is 1. The monoisotopic (exact) mass is 385 g/mol. The lowest BCUT2D eigenvalue weighted by Gasteiger charge is -2.12. The Hall–Kier alpha value is -2.90. The van der Waals surface area contributed by atoms with Gasteiger partial charge >= 0.3 is 6.09 Å². The van der Waals surface area contributed by atoms with Gasteiger partial charge in [-0.25, -0.2) is 4.79 Å². The summed E-state index contributed by atoms with van der Waals surface area (Å²) in [5, 5.41) is 13.0. The van der Waals surface area contributed by atoms with Gasteiger partial charge in [0.15, 0.2) is 5.82 Å². The highest BCUT2D eigenvalue weighted by atomic mass is 16.5. The van der Waals surface area contributed by atoms with Crippen LogP contribution in [-0.2, 0) is 4.74 Å². The second-order valence-electron chi connectivity index (χ2n) is 7.24. The van der Waals surface area contributed by atoms with Gasteiger partial charge in [-0.3, -0.25) is 14.9 Å². The van der Waals surface area contributed by atoms with Crippen LogP contribution in [0.4, 0.5) is 10.6 Å². The summed E-state index contributed by atoms with van der Waals surface area (Å²) in [6, 6.07) is 5.54.